The zero-order valence-electron chi connectivity index (χ0n) is 6.74. The van der Waals surface area contributed by atoms with E-state index in [0.717, 1.165) is 4.88 Å². The zero-order valence-corrected chi connectivity index (χ0v) is 8.31. The Balaban J connectivity index is 2.28. The molecule has 0 saturated heterocycles. The van der Waals surface area contributed by atoms with Crippen molar-refractivity contribution < 1.29 is 4.42 Å². The van der Waals surface area contributed by atoms with Crippen LogP contribution in [-0.2, 0) is 0 Å². The number of hydrogen-bond donors (Lipinski definition) is 1. The Morgan fingerprint density at radius 1 is 1.38 bits per heavy atom. The van der Waals surface area contributed by atoms with Gasteiger partial charge in [-0.1, -0.05) is 6.07 Å². The summed E-state index contributed by atoms with van der Waals surface area (Å²) < 4.78 is 5.22. The van der Waals surface area contributed by atoms with Crippen LogP contribution in [0, 0.1) is 0 Å². The minimum atomic E-state index is -0.201. The highest BCUT2D eigenvalue weighted by atomic mass is 35.5. The lowest BCUT2D eigenvalue weighted by Crippen LogP contribution is -2.08. The van der Waals surface area contributed by atoms with E-state index in [1.54, 1.807) is 23.5 Å². The largest absolute Gasteiger partial charge is 0.448 e. The average molecular weight is 214 g/mol. The SMILES string of the molecule is NC(c1ccc(Cl)o1)c1cccs1. The number of nitrogens with two attached hydrogens (primary N) is 1. The van der Waals surface area contributed by atoms with Crippen molar-refractivity contribution in [2.75, 3.05) is 0 Å². The Kier molecular flexibility index (Phi) is 2.40. The first-order valence-corrected chi connectivity index (χ1v) is 5.07. The summed E-state index contributed by atoms with van der Waals surface area (Å²) in [4.78, 5) is 1.08. The van der Waals surface area contributed by atoms with E-state index in [9.17, 15) is 0 Å². The van der Waals surface area contributed by atoms with Crippen LogP contribution in [0.5, 0.6) is 0 Å². The first-order valence-electron chi connectivity index (χ1n) is 3.81. The molecule has 2 rings (SSSR count). The molecule has 4 heteroatoms. The van der Waals surface area contributed by atoms with Crippen LogP contribution >= 0.6 is 22.9 Å². The molecule has 2 N–H and O–H groups in total. The maximum Gasteiger partial charge on any atom is 0.193 e. The summed E-state index contributed by atoms with van der Waals surface area (Å²) in [6.45, 7) is 0. The summed E-state index contributed by atoms with van der Waals surface area (Å²) in [6, 6.07) is 7.24. The van der Waals surface area contributed by atoms with Gasteiger partial charge in [0.25, 0.3) is 0 Å². The minimum Gasteiger partial charge on any atom is -0.448 e. The fourth-order valence-electron chi connectivity index (χ4n) is 1.10. The minimum absolute atomic E-state index is 0.201. The highest BCUT2D eigenvalue weighted by molar-refractivity contribution is 7.10. The molecule has 13 heavy (non-hydrogen) atoms. The maximum atomic E-state index is 5.93. The number of furan rings is 1. The molecule has 2 aromatic heterocycles. The van der Waals surface area contributed by atoms with Gasteiger partial charge in [0.05, 0.1) is 6.04 Å². The fraction of sp³-hybridized carbons (Fsp3) is 0.111. The number of rotatable bonds is 2. The topological polar surface area (TPSA) is 39.2 Å². The molecule has 0 radical (unpaired) electrons. The van der Waals surface area contributed by atoms with Crippen LogP contribution in [-0.4, -0.2) is 0 Å². The summed E-state index contributed by atoms with van der Waals surface area (Å²) in [5, 5.41) is 2.36. The van der Waals surface area contributed by atoms with Crippen molar-refractivity contribution in [3.05, 3.63) is 45.5 Å². The van der Waals surface area contributed by atoms with Crippen molar-refractivity contribution in [1.82, 2.24) is 0 Å². The quantitative estimate of drug-likeness (QED) is 0.833. The van der Waals surface area contributed by atoms with Crippen molar-refractivity contribution in [2.24, 2.45) is 5.73 Å². The van der Waals surface area contributed by atoms with Gasteiger partial charge in [-0.15, -0.1) is 11.3 Å². The lowest BCUT2D eigenvalue weighted by atomic mass is 10.2. The molecule has 1 atom stereocenters. The Morgan fingerprint density at radius 3 is 2.77 bits per heavy atom. The molecule has 0 fully saturated rings. The highest BCUT2D eigenvalue weighted by Gasteiger charge is 2.13. The van der Waals surface area contributed by atoms with Crippen molar-refractivity contribution in [3.63, 3.8) is 0 Å². The second-order valence-electron chi connectivity index (χ2n) is 2.63. The van der Waals surface area contributed by atoms with E-state index in [2.05, 4.69) is 0 Å². The van der Waals surface area contributed by atoms with Gasteiger partial charge in [0.15, 0.2) is 5.22 Å². The predicted octanol–water partition coefficient (Wildman–Crippen LogP) is 3.04. The fourth-order valence-corrected chi connectivity index (χ4v) is 1.99. The lowest BCUT2D eigenvalue weighted by molar-refractivity contribution is 0.493. The van der Waals surface area contributed by atoms with Crippen LogP contribution < -0.4 is 5.73 Å². The Hall–Kier alpha value is -0.770. The number of hydrogen-bond acceptors (Lipinski definition) is 3. The third-order valence-corrected chi connectivity index (χ3v) is 2.91. The Labute approximate surface area is 84.9 Å². The predicted molar refractivity (Wildman–Crippen MR) is 54.1 cm³/mol. The molecule has 2 aromatic rings. The van der Waals surface area contributed by atoms with Crippen molar-refractivity contribution in [2.45, 2.75) is 6.04 Å². The van der Waals surface area contributed by atoms with E-state index in [1.807, 2.05) is 17.5 Å². The summed E-state index contributed by atoms with van der Waals surface area (Å²) in [5.74, 6) is 0.701. The normalized spacial score (nSPS) is 13.1. The first kappa shape index (κ1) is 8.81. The third-order valence-electron chi connectivity index (χ3n) is 1.75. The molecular formula is C9H8ClNOS. The standard InChI is InChI=1S/C9H8ClNOS/c10-8-4-3-6(12-8)9(11)7-2-1-5-13-7/h1-5,9H,11H2. The molecule has 1 unspecified atom stereocenters. The smallest absolute Gasteiger partial charge is 0.193 e. The van der Waals surface area contributed by atoms with Gasteiger partial charge in [-0.25, -0.2) is 0 Å². The molecule has 0 spiro atoms. The van der Waals surface area contributed by atoms with Gasteiger partial charge in [0.1, 0.15) is 5.76 Å². The van der Waals surface area contributed by atoms with Crippen LogP contribution in [0.15, 0.2) is 34.1 Å². The average Bonchev–Trinajstić information content (AvgIpc) is 2.72. The molecule has 0 saturated carbocycles. The van der Waals surface area contributed by atoms with Crippen molar-refractivity contribution >= 4 is 22.9 Å². The molecule has 0 aliphatic heterocycles. The first-order chi connectivity index (χ1) is 6.27. The van der Waals surface area contributed by atoms with Gasteiger partial charge >= 0.3 is 0 Å². The summed E-state index contributed by atoms with van der Waals surface area (Å²) in [7, 11) is 0. The van der Waals surface area contributed by atoms with E-state index in [0.29, 0.717) is 11.0 Å². The van der Waals surface area contributed by atoms with Crippen molar-refractivity contribution in [1.29, 1.82) is 0 Å². The molecule has 0 amide bonds. The van der Waals surface area contributed by atoms with Crippen LogP contribution in [0.2, 0.25) is 5.22 Å². The second kappa shape index (κ2) is 3.54. The Morgan fingerprint density at radius 2 is 2.23 bits per heavy atom. The van der Waals surface area contributed by atoms with Crippen LogP contribution in [0.3, 0.4) is 0 Å². The summed E-state index contributed by atoms with van der Waals surface area (Å²) in [6.07, 6.45) is 0. The summed E-state index contributed by atoms with van der Waals surface area (Å²) in [5.41, 5.74) is 5.93. The van der Waals surface area contributed by atoms with Crippen LogP contribution in [0.4, 0.5) is 0 Å². The molecule has 0 aliphatic carbocycles. The van der Waals surface area contributed by atoms with Crippen LogP contribution in [0.1, 0.15) is 16.7 Å². The second-order valence-corrected chi connectivity index (χ2v) is 3.99. The van der Waals surface area contributed by atoms with Gasteiger partial charge in [0, 0.05) is 4.88 Å². The van der Waals surface area contributed by atoms with Crippen LogP contribution in [0.25, 0.3) is 0 Å². The number of halogens is 1. The van der Waals surface area contributed by atoms with Gasteiger partial charge in [-0.3, -0.25) is 0 Å². The molecule has 2 nitrogen and oxygen atoms in total. The van der Waals surface area contributed by atoms with E-state index < -0.39 is 0 Å². The van der Waals surface area contributed by atoms with Gasteiger partial charge in [-0.05, 0) is 35.2 Å². The van der Waals surface area contributed by atoms with E-state index in [-0.39, 0.29) is 6.04 Å². The lowest BCUT2D eigenvalue weighted by Gasteiger charge is -2.04. The molecule has 0 bridgehead atoms. The van der Waals surface area contributed by atoms with E-state index >= 15 is 0 Å². The molecule has 68 valence electrons. The Bertz CT molecular complexity index is 382. The molecule has 2 heterocycles. The summed E-state index contributed by atoms with van der Waals surface area (Å²) >= 11 is 7.25. The molecule has 0 aromatic carbocycles. The van der Waals surface area contributed by atoms with Gasteiger partial charge in [-0.2, -0.15) is 0 Å². The maximum absolute atomic E-state index is 5.93. The van der Waals surface area contributed by atoms with Gasteiger partial charge in [0.2, 0.25) is 0 Å². The van der Waals surface area contributed by atoms with Gasteiger partial charge < -0.3 is 10.2 Å². The third kappa shape index (κ3) is 1.77. The zero-order chi connectivity index (χ0) is 9.26. The highest BCUT2D eigenvalue weighted by Crippen LogP contribution is 2.26. The van der Waals surface area contributed by atoms with E-state index in [4.69, 9.17) is 21.8 Å². The van der Waals surface area contributed by atoms with E-state index in [1.165, 1.54) is 0 Å². The monoisotopic (exact) mass is 213 g/mol. The molecular weight excluding hydrogens is 206 g/mol. The van der Waals surface area contributed by atoms with Crippen molar-refractivity contribution in [3.8, 4) is 0 Å². The molecule has 0 aliphatic rings. The number of thiophene rings is 1.